The second kappa shape index (κ2) is 7.72. The molecule has 0 aliphatic carbocycles. The van der Waals surface area contributed by atoms with Gasteiger partial charge in [0.2, 0.25) is 10.0 Å². The molecular weight excluding hydrogens is 360 g/mol. The van der Waals surface area contributed by atoms with Crippen molar-refractivity contribution >= 4 is 27.3 Å². The lowest BCUT2D eigenvalue weighted by Gasteiger charge is -2.36. The van der Waals surface area contributed by atoms with Gasteiger partial charge in [-0.05, 0) is 49.9 Å². The van der Waals surface area contributed by atoms with Crippen LogP contribution in [0.3, 0.4) is 0 Å². The van der Waals surface area contributed by atoms with Crippen molar-refractivity contribution in [1.82, 2.24) is 0 Å². The molecule has 5 nitrogen and oxygen atoms in total. The molecule has 1 unspecified atom stereocenters. The molecule has 0 N–H and O–H groups in total. The Balaban J connectivity index is 2.01. The van der Waals surface area contributed by atoms with E-state index in [0.29, 0.717) is 18.7 Å². The molecule has 1 amide bonds. The molecule has 0 saturated heterocycles. The van der Waals surface area contributed by atoms with Crippen LogP contribution in [0.1, 0.15) is 30.9 Å². The zero-order chi connectivity index (χ0) is 19.6. The number of anilines is 2. The van der Waals surface area contributed by atoms with Gasteiger partial charge in [0.1, 0.15) is 6.04 Å². The van der Waals surface area contributed by atoms with Crippen LogP contribution in [-0.2, 0) is 21.2 Å². The predicted octanol–water partition coefficient (Wildman–Crippen LogP) is 3.52. The number of nitrogens with zero attached hydrogens (tertiary/aromatic N) is 2. The second-order valence-electron chi connectivity index (χ2n) is 7.04. The summed E-state index contributed by atoms with van der Waals surface area (Å²) in [4.78, 5) is 15.2. The Kier molecular flexibility index (Phi) is 5.56. The predicted molar refractivity (Wildman–Crippen MR) is 110 cm³/mol. The topological polar surface area (TPSA) is 57.7 Å². The molecule has 0 saturated carbocycles. The lowest BCUT2D eigenvalue weighted by Crippen LogP contribution is -2.52. The van der Waals surface area contributed by atoms with Gasteiger partial charge in [0.15, 0.2) is 0 Å². The van der Waals surface area contributed by atoms with Crippen molar-refractivity contribution in [3.63, 3.8) is 0 Å². The third kappa shape index (κ3) is 4.00. The molecule has 27 heavy (non-hydrogen) atoms. The van der Waals surface area contributed by atoms with E-state index in [2.05, 4.69) is 0 Å². The van der Waals surface area contributed by atoms with Crippen LogP contribution in [0.15, 0.2) is 48.5 Å². The highest BCUT2D eigenvalue weighted by molar-refractivity contribution is 7.92. The fourth-order valence-electron chi connectivity index (χ4n) is 3.68. The summed E-state index contributed by atoms with van der Waals surface area (Å²) >= 11 is 0. The van der Waals surface area contributed by atoms with Crippen molar-refractivity contribution in [2.45, 2.75) is 39.2 Å². The lowest BCUT2D eigenvalue weighted by molar-refractivity contribution is -0.119. The molecule has 1 atom stereocenters. The first kappa shape index (κ1) is 19.4. The van der Waals surface area contributed by atoms with Crippen LogP contribution in [0.4, 0.5) is 11.4 Å². The van der Waals surface area contributed by atoms with Crippen LogP contribution in [0.25, 0.3) is 0 Å². The van der Waals surface area contributed by atoms with Crippen molar-refractivity contribution < 1.29 is 13.2 Å². The van der Waals surface area contributed by atoms with Crippen LogP contribution in [0, 0.1) is 6.92 Å². The van der Waals surface area contributed by atoms with Crippen LogP contribution < -0.4 is 9.21 Å². The lowest BCUT2D eigenvalue weighted by atomic mass is 10.0. The third-order valence-electron chi connectivity index (χ3n) is 4.98. The molecule has 1 aliphatic heterocycles. The van der Waals surface area contributed by atoms with E-state index in [9.17, 15) is 13.2 Å². The molecule has 6 heteroatoms. The molecular formula is C21H26N2O3S. The molecule has 2 aromatic carbocycles. The van der Waals surface area contributed by atoms with E-state index < -0.39 is 16.1 Å². The van der Waals surface area contributed by atoms with Crippen LogP contribution in [0.5, 0.6) is 0 Å². The van der Waals surface area contributed by atoms with Gasteiger partial charge in [0.05, 0.1) is 11.9 Å². The molecule has 2 aromatic rings. The van der Waals surface area contributed by atoms with Gasteiger partial charge >= 0.3 is 0 Å². The Morgan fingerprint density at radius 1 is 1.15 bits per heavy atom. The fraction of sp³-hybridized carbons (Fsp3) is 0.381. The first-order valence-corrected chi connectivity index (χ1v) is 11.1. The Bertz CT molecular complexity index is 923. The SMILES string of the molecule is CCC(C(=O)N1CCCc2ccccc21)N(c1ccc(C)cc1)S(C)(=O)=O. The van der Waals surface area contributed by atoms with Gasteiger partial charge in [-0.2, -0.15) is 0 Å². The maximum atomic E-state index is 13.4. The number of benzene rings is 2. The number of rotatable bonds is 5. The summed E-state index contributed by atoms with van der Waals surface area (Å²) in [5.41, 5.74) is 3.59. The summed E-state index contributed by atoms with van der Waals surface area (Å²) in [5.74, 6) is -0.171. The minimum Gasteiger partial charge on any atom is -0.310 e. The quantitative estimate of drug-likeness (QED) is 0.790. The number of sulfonamides is 1. The van der Waals surface area contributed by atoms with Gasteiger partial charge in [0, 0.05) is 12.2 Å². The molecule has 144 valence electrons. The Labute approximate surface area is 161 Å². The minimum absolute atomic E-state index is 0.171. The number of carbonyl (C=O) groups excluding carboxylic acids is 1. The molecule has 3 rings (SSSR count). The van der Waals surface area contributed by atoms with E-state index in [4.69, 9.17) is 0 Å². The minimum atomic E-state index is -3.62. The molecule has 0 spiro atoms. The summed E-state index contributed by atoms with van der Waals surface area (Å²) in [6, 6.07) is 14.3. The monoisotopic (exact) mass is 386 g/mol. The largest absolute Gasteiger partial charge is 0.310 e. The number of para-hydroxylation sites is 1. The van der Waals surface area contributed by atoms with Crippen molar-refractivity contribution in [2.75, 3.05) is 22.0 Å². The highest BCUT2D eigenvalue weighted by atomic mass is 32.2. The van der Waals surface area contributed by atoms with E-state index in [1.165, 1.54) is 4.31 Å². The zero-order valence-corrected chi connectivity index (χ0v) is 16.9. The normalized spacial score (nSPS) is 15.1. The average molecular weight is 387 g/mol. The first-order chi connectivity index (χ1) is 12.8. The number of hydrogen-bond acceptors (Lipinski definition) is 3. The maximum absolute atomic E-state index is 13.4. The average Bonchev–Trinajstić information content (AvgIpc) is 2.65. The molecule has 0 aromatic heterocycles. The summed E-state index contributed by atoms with van der Waals surface area (Å²) in [7, 11) is -3.62. The number of carbonyl (C=O) groups is 1. The number of fused-ring (bicyclic) bond motifs is 1. The smallest absolute Gasteiger partial charge is 0.250 e. The standard InChI is InChI=1S/C21H26N2O3S/c1-4-19(23(27(3,25)26)18-13-11-16(2)12-14-18)21(24)22-15-7-9-17-8-5-6-10-20(17)22/h5-6,8,10-14,19H,4,7,9,15H2,1-3H3. The van der Waals surface area contributed by atoms with Crippen molar-refractivity contribution in [1.29, 1.82) is 0 Å². The van der Waals surface area contributed by atoms with E-state index in [-0.39, 0.29) is 5.91 Å². The number of amides is 1. The van der Waals surface area contributed by atoms with Crippen molar-refractivity contribution in [3.05, 3.63) is 59.7 Å². The maximum Gasteiger partial charge on any atom is 0.250 e. The van der Waals surface area contributed by atoms with Crippen LogP contribution in [-0.4, -0.2) is 33.2 Å². The first-order valence-electron chi connectivity index (χ1n) is 9.28. The van der Waals surface area contributed by atoms with Crippen LogP contribution in [0.2, 0.25) is 0 Å². The van der Waals surface area contributed by atoms with E-state index in [0.717, 1.165) is 35.9 Å². The van der Waals surface area contributed by atoms with Crippen LogP contribution >= 0.6 is 0 Å². The van der Waals surface area contributed by atoms with Gasteiger partial charge < -0.3 is 4.90 Å². The van der Waals surface area contributed by atoms with Gasteiger partial charge in [-0.3, -0.25) is 9.10 Å². The molecule has 0 bridgehead atoms. The number of aryl methyl sites for hydroxylation is 2. The molecule has 0 radical (unpaired) electrons. The second-order valence-corrected chi connectivity index (χ2v) is 8.90. The van der Waals surface area contributed by atoms with E-state index >= 15 is 0 Å². The summed E-state index contributed by atoms with van der Waals surface area (Å²) in [6.45, 7) is 4.41. The van der Waals surface area contributed by atoms with Crippen molar-refractivity contribution in [3.8, 4) is 0 Å². The highest BCUT2D eigenvalue weighted by Gasteiger charge is 2.35. The molecule has 1 aliphatic rings. The van der Waals surface area contributed by atoms with Gasteiger partial charge in [-0.25, -0.2) is 8.42 Å². The zero-order valence-electron chi connectivity index (χ0n) is 16.1. The van der Waals surface area contributed by atoms with Gasteiger partial charge in [-0.1, -0.05) is 42.8 Å². The highest BCUT2D eigenvalue weighted by Crippen LogP contribution is 2.30. The molecule has 1 heterocycles. The van der Waals surface area contributed by atoms with Gasteiger partial charge in [0.25, 0.3) is 5.91 Å². The summed E-state index contributed by atoms with van der Waals surface area (Å²) < 4.78 is 26.5. The van der Waals surface area contributed by atoms with Gasteiger partial charge in [-0.15, -0.1) is 0 Å². The summed E-state index contributed by atoms with van der Waals surface area (Å²) in [6.07, 6.45) is 3.37. The third-order valence-corrected chi connectivity index (χ3v) is 6.16. The van der Waals surface area contributed by atoms with E-state index in [1.807, 2.05) is 50.2 Å². The van der Waals surface area contributed by atoms with Crippen molar-refractivity contribution in [2.24, 2.45) is 0 Å². The Morgan fingerprint density at radius 2 is 1.81 bits per heavy atom. The Hall–Kier alpha value is -2.34. The van der Waals surface area contributed by atoms with E-state index in [1.54, 1.807) is 17.0 Å². The molecule has 0 fully saturated rings. The fourth-order valence-corrected chi connectivity index (χ4v) is 4.88. The Morgan fingerprint density at radius 3 is 2.44 bits per heavy atom. The summed E-state index contributed by atoms with van der Waals surface area (Å²) in [5, 5.41) is 0. The number of hydrogen-bond donors (Lipinski definition) is 0.